The highest BCUT2D eigenvalue weighted by Gasteiger charge is 2.15. The Bertz CT molecular complexity index is 457. The summed E-state index contributed by atoms with van der Waals surface area (Å²) < 4.78 is 15.7. The molecule has 0 amide bonds. The molecule has 5 nitrogen and oxygen atoms in total. The van der Waals surface area contributed by atoms with E-state index in [4.69, 9.17) is 19.9 Å². The van der Waals surface area contributed by atoms with Gasteiger partial charge in [-0.05, 0) is 38.0 Å². The summed E-state index contributed by atoms with van der Waals surface area (Å²) in [6.07, 6.45) is 0.838. The summed E-state index contributed by atoms with van der Waals surface area (Å²) in [6.45, 7) is 4.07. The molecule has 1 atom stereocenters. The predicted octanol–water partition coefficient (Wildman–Crippen LogP) is 1.70. The summed E-state index contributed by atoms with van der Waals surface area (Å²) in [6, 6.07) is 3.70. The van der Waals surface area contributed by atoms with Gasteiger partial charge in [0.2, 0.25) is 0 Å². The van der Waals surface area contributed by atoms with Gasteiger partial charge in [0.15, 0.2) is 0 Å². The first-order chi connectivity index (χ1) is 9.51. The van der Waals surface area contributed by atoms with E-state index in [9.17, 15) is 4.79 Å². The average Bonchev–Trinajstić information content (AvgIpc) is 2.39. The Morgan fingerprint density at radius 1 is 1.20 bits per heavy atom. The van der Waals surface area contributed by atoms with Crippen LogP contribution in [0.25, 0.3) is 0 Å². The Balaban J connectivity index is 3.08. The maximum Gasteiger partial charge on any atom is 0.310 e. The number of rotatable bonds is 7. The van der Waals surface area contributed by atoms with E-state index in [0.717, 1.165) is 11.1 Å². The maximum absolute atomic E-state index is 11.6. The van der Waals surface area contributed by atoms with E-state index < -0.39 is 0 Å². The first-order valence-corrected chi connectivity index (χ1v) is 6.66. The molecule has 0 radical (unpaired) electrons. The zero-order chi connectivity index (χ0) is 15.1. The quantitative estimate of drug-likeness (QED) is 0.770. The molecule has 0 saturated carbocycles. The van der Waals surface area contributed by atoms with Gasteiger partial charge in [-0.15, -0.1) is 0 Å². The largest absolute Gasteiger partial charge is 0.496 e. The zero-order valence-electron chi connectivity index (χ0n) is 12.6. The van der Waals surface area contributed by atoms with Crippen LogP contribution in [0.15, 0.2) is 12.1 Å². The topological polar surface area (TPSA) is 70.8 Å². The van der Waals surface area contributed by atoms with Gasteiger partial charge >= 0.3 is 5.97 Å². The molecule has 0 fully saturated rings. The highest BCUT2D eigenvalue weighted by molar-refractivity contribution is 5.74. The summed E-state index contributed by atoms with van der Waals surface area (Å²) in [5.74, 6) is 1.07. The van der Waals surface area contributed by atoms with E-state index >= 15 is 0 Å². The maximum atomic E-state index is 11.6. The third-order valence-electron chi connectivity index (χ3n) is 2.87. The Kier molecular flexibility index (Phi) is 6.31. The third kappa shape index (κ3) is 4.42. The summed E-state index contributed by atoms with van der Waals surface area (Å²) in [7, 11) is 3.17. The second-order valence-corrected chi connectivity index (χ2v) is 4.64. The molecule has 0 aromatic heterocycles. The number of hydrogen-bond donors (Lipinski definition) is 1. The van der Waals surface area contributed by atoms with Crippen molar-refractivity contribution in [3.8, 4) is 11.5 Å². The lowest BCUT2D eigenvalue weighted by atomic mass is 10.0. The molecule has 0 aliphatic rings. The van der Waals surface area contributed by atoms with Crippen molar-refractivity contribution in [2.75, 3.05) is 20.8 Å². The van der Waals surface area contributed by atoms with Crippen molar-refractivity contribution in [1.82, 2.24) is 0 Å². The van der Waals surface area contributed by atoms with Gasteiger partial charge in [-0.25, -0.2) is 0 Å². The van der Waals surface area contributed by atoms with Crippen LogP contribution in [0.2, 0.25) is 0 Å². The number of hydrogen-bond acceptors (Lipinski definition) is 5. The lowest BCUT2D eigenvalue weighted by molar-refractivity contribution is -0.142. The molecular formula is C15H23NO4. The van der Waals surface area contributed by atoms with Gasteiger partial charge in [0.05, 0.1) is 27.2 Å². The number of ether oxygens (including phenoxy) is 3. The van der Waals surface area contributed by atoms with Crippen molar-refractivity contribution in [3.63, 3.8) is 0 Å². The van der Waals surface area contributed by atoms with Gasteiger partial charge in [0, 0.05) is 11.6 Å². The molecular weight excluding hydrogens is 258 g/mol. The minimum absolute atomic E-state index is 0.0181. The highest BCUT2D eigenvalue weighted by atomic mass is 16.5. The molecule has 1 rings (SSSR count). The normalized spacial score (nSPS) is 11.8. The van der Waals surface area contributed by atoms with Crippen LogP contribution in [0.4, 0.5) is 0 Å². The number of esters is 1. The van der Waals surface area contributed by atoms with E-state index in [1.165, 1.54) is 0 Å². The third-order valence-corrected chi connectivity index (χ3v) is 2.87. The minimum atomic E-state index is -0.284. The number of carbonyl (C=O) groups excluding carboxylic acids is 1. The average molecular weight is 281 g/mol. The fourth-order valence-corrected chi connectivity index (χ4v) is 2.04. The van der Waals surface area contributed by atoms with Gasteiger partial charge in [-0.1, -0.05) is 0 Å². The Labute approximate surface area is 120 Å². The van der Waals surface area contributed by atoms with Crippen molar-refractivity contribution in [2.45, 2.75) is 32.7 Å². The lowest BCUT2D eigenvalue weighted by Gasteiger charge is -2.16. The molecule has 0 aliphatic heterocycles. The van der Waals surface area contributed by atoms with Crippen molar-refractivity contribution in [1.29, 1.82) is 0 Å². The first kappa shape index (κ1) is 16.3. The fourth-order valence-electron chi connectivity index (χ4n) is 2.04. The Hall–Kier alpha value is -1.75. The predicted molar refractivity (Wildman–Crippen MR) is 77.2 cm³/mol. The number of nitrogens with two attached hydrogens (primary N) is 1. The molecule has 0 aliphatic carbocycles. The monoisotopic (exact) mass is 281 g/mol. The second-order valence-electron chi connectivity index (χ2n) is 4.64. The highest BCUT2D eigenvalue weighted by Crippen LogP contribution is 2.30. The smallest absolute Gasteiger partial charge is 0.310 e. The zero-order valence-corrected chi connectivity index (χ0v) is 12.6. The van der Waals surface area contributed by atoms with Crippen molar-refractivity contribution < 1.29 is 19.0 Å². The van der Waals surface area contributed by atoms with Gasteiger partial charge < -0.3 is 19.9 Å². The molecule has 20 heavy (non-hydrogen) atoms. The molecule has 112 valence electrons. The lowest BCUT2D eigenvalue weighted by Crippen LogP contribution is -2.18. The standard InChI is InChI=1S/C15H23NO4/c1-5-20-15(17)9-12-8-13(18-3)11(6-10(2)16)7-14(12)19-4/h7-8,10H,5-6,9,16H2,1-4H3/t10-/m1/s1. The first-order valence-electron chi connectivity index (χ1n) is 6.66. The SMILES string of the molecule is CCOC(=O)Cc1cc(OC)c(C[C@@H](C)N)cc1OC. The van der Waals surface area contributed by atoms with Gasteiger partial charge in [0.25, 0.3) is 0 Å². The number of carbonyl (C=O) groups is 1. The summed E-state index contributed by atoms with van der Waals surface area (Å²) in [4.78, 5) is 11.6. The van der Waals surface area contributed by atoms with Gasteiger partial charge in [0.1, 0.15) is 11.5 Å². The van der Waals surface area contributed by atoms with Gasteiger partial charge in [-0.3, -0.25) is 4.79 Å². The van der Waals surface area contributed by atoms with Crippen LogP contribution in [0.3, 0.4) is 0 Å². The van der Waals surface area contributed by atoms with Crippen molar-refractivity contribution >= 4 is 5.97 Å². The number of methoxy groups -OCH3 is 2. The fraction of sp³-hybridized carbons (Fsp3) is 0.533. The Morgan fingerprint density at radius 3 is 2.25 bits per heavy atom. The van der Waals surface area contributed by atoms with E-state index in [2.05, 4.69) is 0 Å². The number of benzene rings is 1. The van der Waals surface area contributed by atoms with E-state index in [-0.39, 0.29) is 18.4 Å². The summed E-state index contributed by atoms with van der Waals surface area (Å²) >= 11 is 0. The molecule has 0 spiro atoms. The van der Waals surface area contributed by atoms with Crippen LogP contribution in [0.5, 0.6) is 11.5 Å². The van der Waals surface area contributed by atoms with Crippen LogP contribution in [-0.4, -0.2) is 32.8 Å². The summed E-state index contributed by atoms with van der Waals surface area (Å²) in [5, 5.41) is 0. The molecule has 0 saturated heterocycles. The van der Waals surface area contributed by atoms with Crippen LogP contribution in [-0.2, 0) is 22.4 Å². The van der Waals surface area contributed by atoms with E-state index in [1.807, 2.05) is 19.1 Å². The second kappa shape index (κ2) is 7.75. The summed E-state index contributed by atoms with van der Waals surface area (Å²) in [5.41, 5.74) is 7.54. The molecule has 0 heterocycles. The molecule has 2 N–H and O–H groups in total. The molecule has 0 bridgehead atoms. The van der Waals surface area contributed by atoms with Crippen LogP contribution in [0.1, 0.15) is 25.0 Å². The van der Waals surface area contributed by atoms with Crippen LogP contribution in [0, 0.1) is 0 Å². The van der Waals surface area contributed by atoms with Crippen molar-refractivity contribution in [2.24, 2.45) is 5.73 Å². The van der Waals surface area contributed by atoms with Crippen molar-refractivity contribution in [3.05, 3.63) is 23.3 Å². The molecule has 5 heteroatoms. The Morgan fingerprint density at radius 2 is 1.75 bits per heavy atom. The molecule has 0 unspecified atom stereocenters. The van der Waals surface area contributed by atoms with Crippen LogP contribution < -0.4 is 15.2 Å². The molecule has 1 aromatic carbocycles. The van der Waals surface area contributed by atoms with Crippen LogP contribution >= 0.6 is 0 Å². The minimum Gasteiger partial charge on any atom is -0.496 e. The van der Waals surface area contributed by atoms with E-state index in [0.29, 0.717) is 24.5 Å². The molecule has 1 aromatic rings. The van der Waals surface area contributed by atoms with Gasteiger partial charge in [-0.2, -0.15) is 0 Å². The van der Waals surface area contributed by atoms with E-state index in [1.54, 1.807) is 21.1 Å².